The molecule has 2 aromatic carbocycles. The van der Waals surface area contributed by atoms with E-state index in [2.05, 4.69) is 15.2 Å². The number of carbonyl (C=O) groups excluding carboxylic acids is 1. The van der Waals surface area contributed by atoms with Crippen molar-refractivity contribution in [2.24, 2.45) is 0 Å². The molecule has 0 unspecified atom stereocenters. The van der Waals surface area contributed by atoms with Crippen LogP contribution in [0, 0.1) is 0 Å². The number of aromatic nitrogens is 3. The van der Waals surface area contributed by atoms with Gasteiger partial charge in [0.2, 0.25) is 0 Å². The summed E-state index contributed by atoms with van der Waals surface area (Å²) in [5.41, 5.74) is 0.939. The third-order valence-corrected chi connectivity index (χ3v) is 4.87. The second-order valence-electron chi connectivity index (χ2n) is 7.24. The SMILES string of the molecule is COCCn1cc(C(=O)Nc2ccc(OC(F)(F)F)cc2)c2nn(-c3ccccc3)c(=O)c-2c1. The van der Waals surface area contributed by atoms with E-state index in [1.165, 1.54) is 23.9 Å². The fourth-order valence-corrected chi connectivity index (χ4v) is 3.33. The number of rotatable bonds is 7. The van der Waals surface area contributed by atoms with Gasteiger partial charge in [0.05, 0.1) is 23.4 Å². The number of ether oxygens (including phenoxy) is 2. The van der Waals surface area contributed by atoms with Gasteiger partial charge in [-0.3, -0.25) is 9.59 Å². The number of nitrogens with one attached hydrogen (secondary N) is 1. The molecule has 11 heteroatoms. The van der Waals surface area contributed by atoms with Gasteiger partial charge in [0.1, 0.15) is 11.4 Å². The van der Waals surface area contributed by atoms with Crippen molar-refractivity contribution in [3.63, 3.8) is 0 Å². The van der Waals surface area contributed by atoms with Gasteiger partial charge in [-0.15, -0.1) is 13.2 Å². The van der Waals surface area contributed by atoms with E-state index in [1.54, 1.807) is 47.3 Å². The lowest BCUT2D eigenvalue weighted by Crippen LogP contribution is -2.19. The second kappa shape index (κ2) is 9.40. The monoisotopic (exact) mass is 472 g/mol. The Morgan fingerprint density at radius 2 is 1.76 bits per heavy atom. The molecule has 4 rings (SSSR count). The molecular weight excluding hydrogens is 453 g/mol. The van der Waals surface area contributed by atoms with E-state index < -0.39 is 23.6 Å². The molecule has 0 atom stereocenters. The first-order chi connectivity index (χ1) is 16.2. The van der Waals surface area contributed by atoms with Crippen LogP contribution in [-0.4, -0.2) is 40.3 Å². The Hall–Kier alpha value is -4.12. The van der Waals surface area contributed by atoms with Crippen LogP contribution in [0.15, 0.2) is 71.8 Å². The third-order valence-electron chi connectivity index (χ3n) is 4.87. The maximum atomic E-state index is 13.1. The highest BCUT2D eigenvalue weighted by molar-refractivity contribution is 6.08. The molecule has 34 heavy (non-hydrogen) atoms. The molecular formula is C23H19F3N4O4. The van der Waals surface area contributed by atoms with Crippen molar-refractivity contribution in [1.82, 2.24) is 14.3 Å². The Morgan fingerprint density at radius 1 is 1.06 bits per heavy atom. The minimum Gasteiger partial charge on any atom is -0.406 e. The highest BCUT2D eigenvalue weighted by Crippen LogP contribution is 2.26. The summed E-state index contributed by atoms with van der Waals surface area (Å²) in [5.74, 6) is -0.999. The number of alkyl halides is 3. The largest absolute Gasteiger partial charge is 0.573 e. The molecule has 0 fully saturated rings. The van der Waals surface area contributed by atoms with Gasteiger partial charge in [-0.05, 0) is 36.4 Å². The zero-order valence-electron chi connectivity index (χ0n) is 17.9. The Morgan fingerprint density at radius 3 is 2.41 bits per heavy atom. The van der Waals surface area contributed by atoms with Gasteiger partial charge < -0.3 is 19.4 Å². The van der Waals surface area contributed by atoms with Gasteiger partial charge in [-0.1, -0.05) is 18.2 Å². The first-order valence-corrected chi connectivity index (χ1v) is 10.1. The molecule has 2 aliphatic rings. The first kappa shape index (κ1) is 23.1. The molecule has 0 saturated heterocycles. The Bertz CT molecular complexity index is 1310. The van der Waals surface area contributed by atoms with Crippen molar-refractivity contribution in [3.8, 4) is 22.7 Å². The fourth-order valence-electron chi connectivity index (χ4n) is 3.33. The molecule has 0 aliphatic carbocycles. The van der Waals surface area contributed by atoms with E-state index in [0.29, 0.717) is 18.8 Å². The number of hydrogen-bond donors (Lipinski definition) is 1. The van der Waals surface area contributed by atoms with Crippen LogP contribution in [0.25, 0.3) is 16.9 Å². The van der Waals surface area contributed by atoms with Crippen molar-refractivity contribution in [1.29, 1.82) is 0 Å². The van der Waals surface area contributed by atoms with E-state index in [4.69, 9.17) is 4.74 Å². The zero-order valence-corrected chi connectivity index (χ0v) is 17.9. The molecule has 176 valence electrons. The number of fused-ring (bicyclic) bond motifs is 1. The van der Waals surface area contributed by atoms with Crippen molar-refractivity contribution < 1.29 is 27.4 Å². The topological polar surface area (TPSA) is 87.4 Å². The van der Waals surface area contributed by atoms with Gasteiger partial charge in [-0.25, -0.2) is 0 Å². The number of benzene rings is 2. The van der Waals surface area contributed by atoms with E-state index in [1.807, 2.05) is 0 Å². The summed E-state index contributed by atoms with van der Waals surface area (Å²) in [4.78, 5) is 26.2. The molecule has 1 amide bonds. The van der Waals surface area contributed by atoms with Crippen LogP contribution in [0.2, 0.25) is 0 Å². The van der Waals surface area contributed by atoms with Crippen LogP contribution in [-0.2, 0) is 11.3 Å². The molecule has 2 aromatic rings. The molecule has 0 aromatic heterocycles. The average Bonchev–Trinajstić information content (AvgIpc) is 3.14. The fraction of sp³-hybridized carbons (Fsp3) is 0.174. The first-order valence-electron chi connectivity index (χ1n) is 10.1. The summed E-state index contributed by atoms with van der Waals surface area (Å²) in [5, 5.41) is 7.00. The summed E-state index contributed by atoms with van der Waals surface area (Å²) in [6, 6.07) is 13.5. The summed E-state index contributed by atoms with van der Waals surface area (Å²) in [7, 11) is 1.53. The van der Waals surface area contributed by atoms with Gasteiger partial charge in [-0.2, -0.15) is 9.78 Å². The number of methoxy groups -OCH3 is 1. The number of halogens is 3. The quantitative estimate of drug-likeness (QED) is 0.440. The molecule has 2 aliphatic heterocycles. The predicted octanol–water partition coefficient (Wildman–Crippen LogP) is 3.94. The normalized spacial score (nSPS) is 11.5. The highest BCUT2D eigenvalue weighted by Gasteiger charge is 2.31. The van der Waals surface area contributed by atoms with E-state index in [-0.39, 0.29) is 22.5 Å². The lowest BCUT2D eigenvalue weighted by molar-refractivity contribution is -0.274. The molecule has 1 N–H and O–H groups in total. The van der Waals surface area contributed by atoms with Crippen LogP contribution in [0.3, 0.4) is 0 Å². The van der Waals surface area contributed by atoms with E-state index >= 15 is 0 Å². The van der Waals surface area contributed by atoms with Crippen LogP contribution >= 0.6 is 0 Å². The maximum absolute atomic E-state index is 13.1. The lowest BCUT2D eigenvalue weighted by Gasteiger charge is -2.13. The Labute approximate surface area is 191 Å². The minimum absolute atomic E-state index is 0.121. The average molecular weight is 472 g/mol. The second-order valence-corrected chi connectivity index (χ2v) is 7.24. The third kappa shape index (κ3) is 5.09. The van der Waals surface area contributed by atoms with Crippen molar-refractivity contribution in [2.45, 2.75) is 12.9 Å². The number of carbonyl (C=O) groups is 1. The molecule has 8 nitrogen and oxygen atoms in total. The minimum atomic E-state index is -4.82. The van der Waals surface area contributed by atoms with E-state index in [0.717, 1.165) is 12.1 Å². The molecule has 0 radical (unpaired) electrons. The molecule has 0 spiro atoms. The van der Waals surface area contributed by atoms with Crippen LogP contribution < -0.4 is 15.6 Å². The lowest BCUT2D eigenvalue weighted by atomic mass is 10.1. The van der Waals surface area contributed by atoms with Gasteiger partial charge in [0, 0.05) is 31.7 Å². The van der Waals surface area contributed by atoms with Crippen LogP contribution in [0.5, 0.6) is 5.75 Å². The van der Waals surface area contributed by atoms with Crippen molar-refractivity contribution in [2.75, 3.05) is 19.0 Å². The number of anilines is 1. The number of pyridine rings is 1. The van der Waals surface area contributed by atoms with Crippen molar-refractivity contribution >= 4 is 11.6 Å². The van der Waals surface area contributed by atoms with E-state index in [9.17, 15) is 22.8 Å². The van der Waals surface area contributed by atoms with Gasteiger partial charge >= 0.3 is 6.36 Å². The molecule has 0 saturated carbocycles. The van der Waals surface area contributed by atoms with Crippen molar-refractivity contribution in [3.05, 3.63) is 82.9 Å². The Kier molecular flexibility index (Phi) is 6.37. The predicted molar refractivity (Wildman–Crippen MR) is 117 cm³/mol. The zero-order chi connectivity index (χ0) is 24.3. The number of para-hydroxylation sites is 1. The number of hydrogen-bond acceptors (Lipinski definition) is 5. The maximum Gasteiger partial charge on any atom is 0.573 e. The number of nitrogens with zero attached hydrogens (tertiary/aromatic N) is 3. The van der Waals surface area contributed by atoms with Gasteiger partial charge in [0.15, 0.2) is 0 Å². The summed E-state index contributed by atoms with van der Waals surface area (Å²) in [6.07, 6.45) is -1.67. The molecule has 0 bridgehead atoms. The highest BCUT2D eigenvalue weighted by atomic mass is 19.4. The summed E-state index contributed by atoms with van der Waals surface area (Å²) < 4.78 is 48.9. The summed E-state index contributed by atoms with van der Waals surface area (Å²) >= 11 is 0. The van der Waals surface area contributed by atoms with Crippen LogP contribution in [0.4, 0.5) is 18.9 Å². The number of amides is 1. The van der Waals surface area contributed by atoms with Crippen LogP contribution in [0.1, 0.15) is 10.4 Å². The summed E-state index contributed by atoms with van der Waals surface area (Å²) in [6.45, 7) is 0.727. The standard InChI is InChI=1S/C23H19F3N4O4/c1-33-12-11-29-13-18(21(31)27-15-7-9-17(10-8-15)34-23(24,25)26)20-19(14-29)22(32)30(28-20)16-5-3-2-4-6-16/h2-10,13-14H,11-12H2,1H3,(H,27,31). The smallest absolute Gasteiger partial charge is 0.406 e. The molecule has 2 heterocycles. The Balaban J connectivity index is 1.70. The van der Waals surface area contributed by atoms with Gasteiger partial charge in [0.25, 0.3) is 11.5 Å².